The Bertz CT molecular complexity index is 434. The molecule has 1 unspecified atom stereocenters. The van der Waals surface area contributed by atoms with Crippen molar-refractivity contribution >= 4 is 15.9 Å². The smallest absolute Gasteiger partial charge is 0.229 e. The Morgan fingerprint density at radius 1 is 1.40 bits per heavy atom. The first-order chi connectivity index (χ1) is 9.17. The lowest BCUT2D eigenvalue weighted by Gasteiger charge is -2.40. The largest absolute Gasteiger partial charge is 0.339 e. The lowest BCUT2D eigenvalue weighted by atomic mass is 9.88. The number of carbonyl (C=O) groups is 1. The minimum Gasteiger partial charge on any atom is -0.339 e. The maximum absolute atomic E-state index is 12.5. The number of piperidine rings is 1. The van der Waals surface area contributed by atoms with Gasteiger partial charge >= 0.3 is 0 Å². The summed E-state index contributed by atoms with van der Waals surface area (Å²) in [6.07, 6.45) is 4.81. The second-order valence-electron chi connectivity index (χ2n) is 6.19. The summed E-state index contributed by atoms with van der Waals surface area (Å²) in [6.45, 7) is 5.14. The average molecular weight is 305 g/mol. The fourth-order valence-corrected chi connectivity index (χ4v) is 2.94. The number of hydrogen-bond acceptors (Lipinski definition) is 4. The first-order valence-corrected chi connectivity index (χ1v) is 9.02. The van der Waals surface area contributed by atoms with Crippen LogP contribution in [0.1, 0.15) is 39.5 Å². The number of nitrogens with two attached hydrogens (primary N) is 1. The fraction of sp³-hybridized carbons (Fsp3) is 0.923. The molecule has 0 bridgehead atoms. The van der Waals surface area contributed by atoms with E-state index in [0.717, 1.165) is 32.1 Å². The molecule has 0 aromatic carbocycles. The predicted octanol–water partition coefficient (Wildman–Crippen LogP) is 0.292. The van der Waals surface area contributed by atoms with E-state index >= 15 is 0 Å². The van der Waals surface area contributed by atoms with Crippen LogP contribution in [0.3, 0.4) is 0 Å². The number of hydrogen-bond donors (Lipinski definition) is 2. The van der Waals surface area contributed by atoms with Crippen molar-refractivity contribution in [3.8, 4) is 0 Å². The molecule has 1 aliphatic heterocycles. The van der Waals surface area contributed by atoms with Crippen molar-refractivity contribution in [2.75, 3.05) is 25.9 Å². The lowest BCUT2D eigenvalue weighted by Crippen LogP contribution is -2.51. The van der Waals surface area contributed by atoms with Gasteiger partial charge in [-0.25, -0.2) is 13.1 Å². The van der Waals surface area contributed by atoms with Crippen LogP contribution in [0.5, 0.6) is 0 Å². The Kier molecular flexibility index (Phi) is 5.97. The first kappa shape index (κ1) is 17.4. The van der Waals surface area contributed by atoms with Crippen LogP contribution in [0.4, 0.5) is 0 Å². The summed E-state index contributed by atoms with van der Waals surface area (Å²) in [5, 5.41) is 0. The van der Waals surface area contributed by atoms with Crippen molar-refractivity contribution in [3.63, 3.8) is 0 Å². The van der Waals surface area contributed by atoms with Gasteiger partial charge in [-0.05, 0) is 39.5 Å². The Morgan fingerprint density at radius 3 is 2.60 bits per heavy atom. The molecule has 3 N–H and O–H groups in total. The quantitative estimate of drug-likeness (QED) is 0.738. The van der Waals surface area contributed by atoms with E-state index in [4.69, 9.17) is 5.73 Å². The fourth-order valence-electron chi connectivity index (χ4n) is 2.46. The third-order valence-electron chi connectivity index (χ3n) is 3.82. The molecule has 1 heterocycles. The Hall–Kier alpha value is -0.660. The van der Waals surface area contributed by atoms with Gasteiger partial charge in [0, 0.05) is 25.7 Å². The number of amides is 1. The highest BCUT2D eigenvalue weighted by Gasteiger charge is 2.35. The molecule has 1 rings (SSSR count). The zero-order valence-electron chi connectivity index (χ0n) is 12.7. The highest BCUT2D eigenvalue weighted by atomic mass is 32.2. The summed E-state index contributed by atoms with van der Waals surface area (Å²) in [5.74, 6) is 0.0732. The molecule has 0 radical (unpaired) electrons. The second kappa shape index (κ2) is 6.87. The van der Waals surface area contributed by atoms with E-state index in [1.54, 1.807) is 0 Å². The number of likely N-dealkylation sites (tertiary alicyclic amines) is 1. The summed E-state index contributed by atoms with van der Waals surface area (Å²) in [4.78, 5) is 14.4. The highest BCUT2D eigenvalue weighted by Crippen LogP contribution is 2.25. The normalized spacial score (nSPS) is 21.0. The summed E-state index contributed by atoms with van der Waals surface area (Å²) >= 11 is 0. The van der Waals surface area contributed by atoms with Gasteiger partial charge in [0.2, 0.25) is 15.9 Å². The monoisotopic (exact) mass is 305 g/mol. The molecule has 118 valence electrons. The maximum atomic E-state index is 12.5. The van der Waals surface area contributed by atoms with Crippen molar-refractivity contribution in [2.24, 2.45) is 11.1 Å². The van der Waals surface area contributed by atoms with Gasteiger partial charge in [0.25, 0.3) is 0 Å². The standard InChI is InChI=1S/C13H27N3O3S/c1-13(2,10-14)12(17)16-9-5-4-6-11(16)7-8-15-20(3,18)19/h11,15H,4-10,14H2,1-3H3. The third kappa shape index (κ3) is 5.03. The number of carbonyl (C=O) groups excluding carboxylic acids is 1. The van der Waals surface area contributed by atoms with E-state index in [-0.39, 0.29) is 11.9 Å². The van der Waals surface area contributed by atoms with E-state index in [2.05, 4.69) is 4.72 Å². The first-order valence-electron chi connectivity index (χ1n) is 7.13. The van der Waals surface area contributed by atoms with Crippen LogP contribution in [0.25, 0.3) is 0 Å². The van der Waals surface area contributed by atoms with Crippen LogP contribution >= 0.6 is 0 Å². The molecule has 20 heavy (non-hydrogen) atoms. The van der Waals surface area contributed by atoms with Crippen LogP contribution in [0.2, 0.25) is 0 Å². The van der Waals surface area contributed by atoms with Crippen molar-refractivity contribution < 1.29 is 13.2 Å². The van der Waals surface area contributed by atoms with Crippen molar-refractivity contribution in [2.45, 2.75) is 45.6 Å². The molecule has 0 saturated carbocycles. The molecular weight excluding hydrogens is 278 g/mol. The average Bonchev–Trinajstić information content (AvgIpc) is 2.37. The van der Waals surface area contributed by atoms with Crippen LogP contribution in [-0.4, -0.2) is 51.2 Å². The van der Waals surface area contributed by atoms with Crippen molar-refractivity contribution in [3.05, 3.63) is 0 Å². The van der Waals surface area contributed by atoms with Crippen LogP contribution in [0, 0.1) is 5.41 Å². The van der Waals surface area contributed by atoms with Gasteiger partial charge in [-0.2, -0.15) is 0 Å². The van der Waals surface area contributed by atoms with E-state index < -0.39 is 15.4 Å². The van der Waals surface area contributed by atoms with Crippen LogP contribution < -0.4 is 10.5 Å². The van der Waals surface area contributed by atoms with E-state index in [9.17, 15) is 13.2 Å². The molecule has 7 heteroatoms. The molecule has 1 fully saturated rings. The number of sulfonamides is 1. The van der Waals surface area contributed by atoms with Gasteiger partial charge in [0.15, 0.2) is 0 Å². The van der Waals surface area contributed by atoms with Gasteiger partial charge in [-0.1, -0.05) is 0 Å². The molecule has 6 nitrogen and oxygen atoms in total. The van der Waals surface area contributed by atoms with E-state index in [0.29, 0.717) is 19.5 Å². The van der Waals surface area contributed by atoms with Gasteiger partial charge in [0.1, 0.15) is 0 Å². The number of nitrogens with zero attached hydrogens (tertiary/aromatic N) is 1. The summed E-state index contributed by atoms with van der Waals surface area (Å²) < 4.78 is 24.7. The Labute approximate surface area is 122 Å². The Morgan fingerprint density at radius 2 is 2.05 bits per heavy atom. The van der Waals surface area contributed by atoms with Gasteiger partial charge in [-0.3, -0.25) is 4.79 Å². The minimum atomic E-state index is -3.17. The molecule has 0 spiro atoms. The lowest BCUT2D eigenvalue weighted by molar-refractivity contribution is -0.143. The van der Waals surface area contributed by atoms with E-state index in [1.807, 2.05) is 18.7 Å². The van der Waals surface area contributed by atoms with Crippen LogP contribution in [-0.2, 0) is 14.8 Å². The number of nitrogens with one attached hydrogen (secondary N) is 1. The second-order valence-corrected chi connectivity index (χ2v) is 8.02. The molecule has 1 aliphatic rings. The molecule has 1 atom stereocenters. The molecule has 0 aromatic heterocycles. The predicted molar refractivity (Wildman–Crippen MR) is 79.7 cm³/mol. The van der Waals surface area contributed by atoms with Gasteiger partial charge in [-0.15, -0.1) is 0 Å². The molecular formula is C13H27N3O3S. The maximum Gasteiger partial charge on any atom is 0.229 e. The molecule has 1 saturated heterocycles. The van der Waals surface area contributed by atoms with Gasteiger partial charge in [0.05, 0.1) is 11.7 Å². The van der Waals surface area contributed by atoms with Gasteiger partial charge < -0.3 is 10.6 Å². The third-order valence-corrected chi connectivity index (χ3v) is 4.55. The highest BCUT2D eigenvalue weighted by molar-refractivity contribution is 7.88. The molecule has 0 aliphatic carbocycles. The van der Waals surface area contributed by atoms with Crippen molar-refractivity contribution in [1.29, 1.82) is 0 Å². The summed E-state index contributed by atoms with van der Waals surface area (Å²) in [5.41, 5.74) is 5.12. The SMILES string of the molecule is CC(C)(CN)C(=O)N1CCCCC1CCNS(C)(=O)=O. The molecule has 1 amide bonds. The minimum absolute atomic E-state index is 0.0732. The topological polar surface area (TPSA) is 92.5 Å². The zero-order chi connectivity index (χ0) is 15.4. The van der Waals surface area contributed by atoms with Crippen molar-refractivity contribution in [1.82, 2.24) is 9.62 Å². The summed E-state index contributed by atoms with van der Waals surface area (Å²) in [7, 11) is -3.17. The molecule has 0 aromatic rings. The van der Waals surface area contributed by atoms with E-state index in [1.165, 1.54) is 0 Å². The summed E-state index contributed by atoms with van der Waals surface area (Å²) in [6, 6.07) is 0.108. The number of rotatable bonds is 6. The Balaban J connectivity index is 2.65. The zero-order valence-corrected chi connectivity index (χ0v) is 13.5. The van der Waals surface area contributed by atoms with Crippen LogP contribution in [0.15, 0.2) is 0 Å².